The summed E-state index contributed by atoms with van der Waals surface area (Å²) in [7, 11) is 0. The van der Waals surface area contributed by atoms with E-state index in [-0.39, 0.29) is 11.5 Å². The van der Waals surface area contributed by atoms with Gasteiger partial charge in [-0.15, -0.1) is 23.1 Å². The monoisotopic (exact) mass is 364 g/mol. The number of nitrogens with one attached hydrogen (secondary N) is 1. The van der Waals surface area contributed by atoms with Crippen LogP contribution in [0.25, 0.3) is 10.2 Å². The van der Waals surface area contributed by atoms with Crippen molar-refractivity contribution >= 4 is 39.3 Å². The average molecular weight is 364 g/mol. The van der Waals surface area contributed by atoms with E-state index in [1.165, 1.54) is 22.2 Å². The predicted molar refractivity (Wildman–Crippen MR) is 96.7 cm³/mol. The van der Waals surface area contributed by atoms with Crippen LogP contribution in [0.15, 0.2) is 4.79 Å². The van der Waals surface area contributed by atoms with E-state index in [1.54, 1.807) is 11.3 Å². The highest BCUT2D eigenvalue weighted by Gasteiger charge is 2.33. The predicted octanol–water partition coefficient (Wildman–Crippen LogP) is 2.91. The van der Waals surface area contributed by atoms with Crippen LogP contribution >= 0.6 is 23.1 Å². The van der Waals surface area contributed by atoms with Gasteiger partial charge in [0.1, 0.15) is 10.7 Å². The second-order valence-corrected chi connectivity index (χ2v) is 8.77. The molecular formula is C17H20N2O3S2. The number of rotatable bonds is 6. The van der Waals surface area contributed by atoms with Crippen molar-refractivity contribution < 1.29 is 9.53 Å². The van der Waals surface area contributed by atoms with Crippen molar-refractivity contribution in [2.24, 2.45) is 11.8 Å². The highest BCUT2D eigenvalue weighted by Crippen LogP contribution is 2.37. The Balaban J connectivity index is 1.35. The standard InChI is InChI=1S/C17H20N2O3S2/c1-9-5-10(9)6-22-14(20)8-23-7-13-18-16(21)15-11-3-2-4-12(11)24-17(15)19-13/h9-10H,2-8H2,1H3,(H,18,19,21). The Labute approximate surface area is 148 Å². The molecule has 0 spiro atoms. The fourth-order valence-corrected chi connectivity index (χ4v) is 5.18. The fourth-order valence-electron chi connectivity index (χ4n) is 3.22. The molecule has 7 heteroatoms. The molecule has 0 aliphatic heterocycles. The Morgan fingerprint density at radius 1 is 1.46 bits per heavy atom. The van der Waals surface area contributed by atoms with Crippen LogP contribution in [-0.4, -0.2) is 28.3 Å². The number of hydrogen-bond donors (Lipinski definition) is 1. The molecule has 2 aromatic rings. The Morgan fingerprint density at radius 3 is 3.08 bits per heavy atom. The first kappa shape index (κ1) is 16.1. The molecular weight excluding hydrogens is 344 g/mol. The van der Waals surface area contributed by atoms with E-state index in [0.717, 1.165) is 35.9 Å². The van der Waals surface area contributed by atoms with E-state index in [9.17, 15) is 9.59 Å². The van der Waals surface area contributed by atoms with Crippen LogP contribution in [0.2, 0.25) is 0 Å². The van der Waals surface area contributed by atoms with Crippen LogP contribution < -0.4 is 5.56 Å². The summed E-state index contributed by atoms with van der Waals surface area (Å²) >= 11 is 3.07. The lowest BCUT2D eigenvalue weighted by Gasteiger charge is -2.04. The molecule has 2 aromatic heterocycles. The number of nitrogens with zero attached hydrogens (tertiary/aromatic N) is 1. The Kier molecular flexibility index (Phi) is 4.39. The third-order valence-electron chi connectivity index (χ3n) is 4.82. The molecule has 0 bridgehead atoms. The van der Waals surface area contributed by atoms with Gasteiger partial charge in [-0.2, -0.15) is 0 Å². The van der Waals surface area contributed by atoms with E-state index in [1.807, 2.05) is 0 Å². The Hall–Kier alpha value is -1.34. The van der Waals surface area contributed by atoms with Crippen LogP contribution in [0.1, 0.15) is 36.0 Å². The van der Waals surface area contributed by atoms with Gasteiger partial charge in [0.05, 0.1) is 23.5 Å². The van der Waals surface area contributed by atoms with Crippen LogP contribution in [0.5, 0.6) is 0 Å². The van der Waals surface area contributed by atoms with Crippen molar-refractivity contribution in [2.45, 2.75) is 38.4 Å². The molecule has 2 heterocycles. The molecule has 2 aliphatic carbocycles. The second kappa shape index (κ2) is 6.52. The largest absolute Gasteiger partial charge is 0.465 e. The molecule has 0 amide bonds. The molecule has 0 radical (unpaired) electrons. The van der Waals surface area contributed by atoms with E-state index >= 15 is 0 Å². The summed E-state index contributed by atoms with van der Waals surface area (Å²) < 4.78 is 5.26. The van der Waals surface area contributed by atoms with Gasteiger partial charge in [0.15, 0.2) is 0 Å². The summed E-state index contributed by atoms with van der Waals surface area (Å²) in [6.07, 6.45) is 4.34. The van der Waals surface area contributed by atoms with Crippen LogP contribution in [0.4, 0.5) is 0 Å². The van der Waals surface area contributed by atoms with Gasteiger partial charge in [0.2, 0.25) is 0 Å². The quantitative estimate of drug-likeness (QED) is 0.798. The molecule has 1 N–H and O–H groups in total. The lowest BCUT2D eigenvalue weighted by Crippen LogP contribution is -2.13. The van der Waals surface area contributed by atoms with E-state index < -0.39 is 0 Å². The fraction of sp³-hybridized carbons (Fsp3) is 0.588. The van der Waals surface area contributed by atoms with Crippen LogP contribution in [-0.2, 0) is 28.1 Å². The topological polar surface area (TPSA) is 72.0 Å². The van der Waals surface area contributed by atoms with Crippen LogP contribution in [0.3, 0.4) is 0 Å². The minimum absolute atomic E-state index is 0.0414. The molecule has 5 nitrogen and oxygen atoms in total. The number of fused-ring (bicyclic) bond motifs is 3. The number of ether oxygens (including phenoxy) is 1. The maximum Gasteiger partial charge on any atom is 0.315 e. The molecule has 2 unspecified atom stereocenters. The zero-order valence-electron chi connectivity index (χ0n) is 13.6. The first-order valence-electron chi connectivity index (χ1n) is 8.38. The van der Waals surface area contributed by atoms with Gasteiger partial charge in [0, 0.05) is 4.88 Å². The summed E-state index contributed by atoms with van der Waals surface area (Å²) in [5.74, 6) is 2.52. The molecule has 0 saturated heterocycles. The summed E-state index contributed by atoms with van der Waals surface area (Å²) in [5, 5.41) is 0.777. The van der Waals surface area contributed by atoms with E-state index in [2.05, 4.69) is 16.9 Å². The number of esters is 1. The first-order valence-corrected chi connectivity index (χ1v) is 10.4. The zero-order chi connectivity index (χ0) is 16.7. The smallest absolute Gasteiger partial charge is 0.315 e. The van der Waals surface area contributed by atoms with Gasteiger partial charge in [-0.25, -0.2) is 4.98 Å². The number of hydrogen-bond acceptors (Lipinski definition) is 6. The minimum Gasteiger partial charge on any atom is -0.465 e. The van der Waals surface area contributed by atoms with Crippen molar-refractivity contribution in [1.29, 1.82) is 0 Å². The molecule has 4 rings (SSSR count). The number of carbonyl (C=O) groups excluding carboxylic acids is 1. The Bertz CT molecular complexity index is 842. The second-order valence-electron chi connectivity index (χ2n) is 6.70. The van der Waals surface area contributed by atoms with Crippen LogP contribution in [0, 0.1) is 11.8 Å². The average Bonchev–Trinajstić information content (AvgIpc) is 2.92. The van der Waals surface area contributed by atoms with Gasteiger partial charge in [0.25, 0.3) is 5.56 Å². The summed E-state index contributed by atoms with van der Waals surface area (Å²) in [6.45, 7) is 2.72. The number of carbonyl (C=O) groups is 1. The van der Waals surface area contributed by atoms with Crippen molar-refractivity contribution in [3.63, 3.8) is 0 Å². The third kappa shape index (κ3) is 3.24. The molecule has 1 saturated carbocycles. The van der Waals surface area contributed by atoms with E-state index in [4.69, 9.17) is 4.74 Å². The number of thiophene rings is 1. The maximum atomic E-state index is 12.3. The van der Waals surface area contributed by atoms with Crippen molar-refractivity contribution in [3.8, 4) is 0 Å². The highest BCUT2D eigenvalue weighted by molar-refractivity contribution is 7.99. The van der Waals surface area contributed by atoms with Gasteiger partial charge < -0.3 is 9.72 Å². The molecule has 128 valence electrons. The SMILES string of the molecule is CC1CC1COC(=O)CSCc1nc2sc3c(c2c(=O)[nH]1)CCC3. The molecule has 2 aliphatic rings. The lowest BCUT2D eigenvalue weighted by atomic mass is 10.2. The number of aromatic nitrogens is 2. The number of aryl methyl sites for hydroxylation is 2. The number of aromatic amines is 1. The zero-order valence-corrected chi connectivity index (χ0v) is 15.2. The van der Waals surface area contributed by atoms with Gasteiger partial charge in [-0.3, -0.25) is 9.59 Å². The normalized spacial score (nSPS) is 21.9. The third-order valence-corrected chi connectivity index (χ3v) is 6.92. The number of thioether (sulfide) groups is 1. The lowest BCUT2D eigenvalue weighted by molar-refractivity contribution is -0.140. The highest BCUT2D eigenvalue weighted by atomic mass is 32.2. The van der Waals surface area contributed by atoms with Crippen molar-refractivity contribution in [3.05, 3.63) is 26.6 Å². The molecule has 0 aromatic carbocycles. The van der Waals surface area contributed by atoms with Crippen molar-refractivity contribution in [1.82, 2.24) is 9.97 Å². The molecule has 1 fully saturated rings. The van der Waals surface area contributed by atoms with Crippen molar-refractivity contribution in [2.75, 3.05) is 12.4 Å². The maximum absolute atomic E-state index is 12.3. The summed E-state index contributed by atoms with van der Waals surface area (Å²) in [5.41, 5.74) is 1.15. The van der Waals surface area contributed by atoms with Gasteiger partial charge >= 0.3 is 5.97 Å². The summed E-state index contributed by atoms with van der Waals surface area (Å²) in [4.78, 5) is 33.7. The molecule has 2 atom stereocenters. The Morgan fingerprint density at radius 2 is 2.29 bits per heavy atom. The number of H-pyrrole nitrogens is 1. The van der Waals surface area contributed by atoms with Gasteiger partial charge in [-0.05, 0) is 43.1 Å². The van der Waals surface area contributed by atoms with Gasteiger partial charge in [-0.1, -0.05) is 6.92 Å². The summed E-state index contributed by atoms with van der Waals surface area (Å²) in [6, 6.07) is 0. The van der Waals surface area contributed by atoms with E-state index in [0.29, 0.717) is 35.8 Å². The molecule has 24 heavy (non-hydrogen) atoms. The first-order chi connectivity index (χ1) is 11.6. The minimum atomic E-state index is -0.183.